The van der Waals surface area contributed by atoms with Gasteiger partial charge in [-0.2, -0.15) is 0 Å². The number of hydrogen-bond acceptors (Lipinski definition) is 2. The average molecular weight is 325 g/mol. The maximum absolute atomic E-state index is 6.15. The summed E-state index contributed by atoms with van der Waals surface area (Å²) in [5.41, 5.74) is 2.72. The summed E-state index contributed by atoms with van der Waals surface area (Å²) in [7, 11) is 0. The fraction of sp³-hybridized carbons (Fsp3) is 0.105. The van der Waals surface area contributed by atoms with E-state index in [2.05, 4.69) is 11.6 Å². The lowest BCUT2D eigenvalue weighted by Crippen LogP contribution is -2.06. The molecule has 0 spiro atoms. The summed E-state index contributed by atoms with van der Waals surface area (Å²) in [6.45, 7) is 6.16. The van der Waals surface area contributed by atoms with Crippen LogP contribution in [0.4, 0.5) is 0 Å². The van der Waals surface area contributed by atoms with Gasteiger partial charge in [-0.25, -0.2) is 4.98 Å². The van der Waals surface area contributed by atoms with Crippen LogP contribution < -0.4 is 4.74 Å². The minimum atomic E-state index is -0.0771. The molecule has 2 aromatic carbocycles. The molecule has 116 valence electrons. The molecule has 3 rings (SSSR count). The number of benzene rings is 2. The van der Waals surface area contributed by atoms with Gasteiger partial charge in [0.15, 0.2) is 0 Å². The first kappa shape index (κ1) is 15.4. The number of nitrogens with zero attached hydrogens (tertiary/aromatic N) is 2. The largest absolute Gasteiger partial charge is 0.485 e. The van der Waals surface area contributed by atoms with Gasteiger partial charge in [0.05, 0.1) is 12.0 Å². The molecule has 0 aliphatic rings. The molecule has 1 aromatic heterocycles. The Labute approximate surface area is 140 Å². The summed E-state index contributed by atoms with van der Waals surface area (Å²) in [4.78, 5) is 4.06. The molecule has 0 bridgehead atoms. The highest BCUT2D eigenvalue weighted by molar-refractivity contribution is 6.30. The summed E-state index contributed by atoms with van der Waals surface area (Å²) in [6.07, 6.45) is 5.18. The molecule has 0 amide bonds. The second-order valence-electron chi connectivity index (χ2n) is 5.23. The second kappa shape index (κ2) is 6.71. The Kier molecular flexibility index (Phi) is 4.49. The van der Waals surface area contributed by atoms with Crippen LogP contribution in [0.1, 0.15) is 24.2 Å². The topological polar surface area (TPSA) is 27.1 Å². The first-order chi connectivity index (χ1) is 11.1. The van der Waals surface area contributed by atoms with Crippen molar-refractivity contribution in [2.24, 2.45) is 0 Å². The molecule has 0 aliphatic carbocycles. The zero-order chi connectivity index (χ0) is 16.2. The summed E-state index contributed by atoms with van der Waals surface area (Å²) in [6, 6.07) is 15.6. The van der Waals surface area contributed by atoms with Crippen LogP contribution in [0.2, 0.25) is 5.02 Å². The lowest BCUT2D eigenvalue weighted by molar-refractivity contribution is 0.226. The van der Waals surface area contributed by atoms with Crippen LogP contribution >= 0.6 is 11.6 Å². The Morgan fingerprint density at radius 3 is 2.70 bits per heavy atom. The number of aromatic nitrogens is 2. The predicted molar refractivity (Wildman–Crippen MR) is 93.6 cm³/mol. The molecule has 3 aromatic rings. The van der Waals surface area contributed by atoms with E-state index in [1.54, 1.807) is 12.5 Å². The van der Waals surface area contributed by atoms with Gasteiger partial charge in [-0.15, -0.1) is 0 Å². The van der Waals surface area contributed by atoms with Gasteiger partial charge in [0.2, 0.25) is 0 Å². The van der Waals surface area contributed by atoms with E-state index < -0.39 is 0 Å². The Bertz CT molecular complexity index is 798. The molecule has 23 heavy (non-hydrogen) atoms. The zero-order valence-corrected chi connectivity index (χ0v) is 13.6. The van der Waals surface area contributed by atoms with Crippen LogP contribution in [0.25, 0.3) is 5.70 Å². The Morgan fingerprint density at radius 1 is 1.22 bits per heavy atom. The smallest absolute Gasteiger partial charge is 0.129 e. The number of hydrogen-bond donors (Lipinski definition) is 0. The fourth-order valence-electron chi connectivity index (χ4n) is 2.37. The molecule has 1 atom stereocenters. The highest BCUT2D eigenvalue weighted by Gasteiger charge is 2.14. The van der Waals surface area contributed by atoms with Crippen molar-refractivity contribution >= 4 is 17.3 Å². The number of imidazole rings is 1. The van der Waals surface area contributed by atoms with Crippen molar-refractivity contribution in [3.8, 4) is 5.75 Å². The Balaban J connectivity index is 1.92. The molecule has 3 nitrogen and oxygen atoms in total. The Morgan fingerprint density at radius 2 is 2.00 bits per heavy atom. The van der Waals surface area contributed by atoms with Crippen LogP contribution in [0, 0.1) is 0 Å². The molecule has 1 heterocycles. The third-order valence-corrected chi connectivity index (χ3v) is 3.88. The lowest BCUT2D eigenvalue weighted by Gasteiger charge is -2.19. The van der Waals surface area contributed by atoms with Crippen LogP contribution in [-0.2, 0) is 0 Å². The van der Waals surface area contributed by atoms with Gasteiger partial charge in [0.1, 0.15) is 11.9 Å². The van der Waals surface area contributed by atoms with Crippen molar-refractivity contribution < 1.29 is 4.74 Å². The van der Waals surface area contributed by atoms with Crippen LogP contribution in [-0.4, -0.2) is 9.55 Å². The normalized spacial score (nSPS) is 11.9. The molecule has 0 saturated carbocycles. The molecule has 0 aliphatic heterocycles. The van der Waals surface area contributed by atoms with Gasteiger partial charge < -0.3 is 9.30 Å². The van der Waals surface area contributed by atoms with E-state index in [-0.39, 0.29) is 6.10 Å². The summed E-state index contributed by atoms with van der Waals surface area (Å²) in [5.74, 6) is 0.740. The van der Waals surface area contributed by atoms with Gasteiger partial charge in [-0.1, -0.05) is 48.5 Å². The van der Waals surface area contributed by atoms with Gasteiger partial charge in [-0.3, -0.25) is 0 Å². The molecule has 4 heteroatoms. The highest BCUT2D eigenvalue weighted by atomic mass is 35.5. The lowest BCUT2D eigenvalue weighted by atomic mass is 10.1. The average Bonchev–Trinajstić information content (AvgIpc) is 3.11. The SMILES string of the molecule is C=C(c1cc(Cl)ccc1OC(C)c1ccccc1)n1ccnc1. The van der Waals surface area contributed by atoms with E-state index >= 15 is 0 Å². The summed E-state index contributed by atoms with van der Waals surface area (Å²) < 4.78 is 7.99. The molecular weight excluding hydrogens is 308 g/mol. The van der Waals surface area contributed by atoms with Crippen LogP contribution in [0.5, 0.6) is 5.75 Å². The summed E-state index contributed by atoms with van der Waals surface area (Å²) >= 11 is 6.15. The minimum absolute atomic E-state index is 0.0771. The van der Waals surface area contributed by atoms with E-state index in [0.29, 0.717) is 5.02 Å². The molecule has 1 unspecified atom stereocenters. The number of ether oxygens (including phenoxy) is 1. The van der Waals surface area contributed by atoms with E-state index in [9.17, 15) is 0 Å². The van der Waals surface area contributed by atoms with Crippen LogP contribution in [0.15, 0.2) is 73.8 Å². The van der Waals surface area contributed by atoms with Gasteiger partial charge in [0.25, 0.3) is 0 Å². The highest BCUT2D eigenvalue weighted by Crippen LogP contribution is 2.32. The van der Waals surface area contributed by atoms with Crippen molar-refractivity contribution in [1.82, 2.24) is 9.55 Å². The zero-order valence-electron chi connectivity index (χ0n) is 12.8. The van der Waals surface area contributed by atoms with Crippen molar-refractivity contribution in [2.75, 3.05) is 0 Å². The van der Waals surface area contributed by atoms with E-state index in [1.807, 2.05) is 66.2 Å². The van der Waals surface area contributed by atoms with Gasteiger partial charge >= 0.3 is 0 Å². The van der Waals surface area contributed by atoms with Crippen LogP contribution in [0.3, 0.4) is 0 Å². The molecule has 0 radical (unpaired) electrons. The third kappa shape index (κ3) is 3.46. The quantitative estimate of drug-likeness (QED) is 0.645. The van der Waals surface area contributed by atoms with E-state index in [0.717, 1.165) is 22.6 Å². The summed E-state index contributed by atoms with van der Waals surface area (Å²) in [5, 5.41) is 0.640. The monoisotopic (exact) mass is 324 g/mol. The van der Waals surface area contributed by atoms with Gasteiger partial charge in [0, 0.05) is 23.0 Å². The number of halogens is 1. The van der Waals surface area contributed by atoms with Crippen molar-refractivity contribution in [3.63, 3.8) is 0 Å². The maximum Gasteiger partial charge on any atom is 0.129 e. The molecule has 0 fully saturated rings. The van der Waals surface area contributed by atoms with Gasteiger partial charge in [-0.05, 0) is 30.7 Å². The van der Waals surface area contributed by atoms with E-state index in [1.165, 1.54) is 0 Å². The number of rotatable bonds is 5. The standard InChI is InChI=1S/C19H17ClN2O/c1-14(22-11-10-21-13-22)18-12-17(20)8-9-19(18)23-15(2)16-6-4-3-5-7-16/h3-13,15H,1H2,2H3. The van der Waals surface area contributed by atoms with Crippen molar-refractivity contribution in [1.29, 1.82) is 0 Å². The third-order valence-electron chi connectivity index (χ3n) is 3.64. The fourth-order valence-corrected chi connectivity index (χ4v) is 2.54. The van der Waals surface area contributed by atoms with E-state index in [4.69, 9.17) is 16.3 Å². The van der Waals surface area contributed by atoms with Crippen molar-refractivity contribution in [3.05, 3.63) is 90.0 Å². The first-order valence-corrected chi connectivity index (χ1v) is 7.71. The molecule has 0 N–H and O–H groups in total. The second-order valence-corrected chi connectivity index (χ2v) is 5.66. The Hall–Kier alpha value is -2.52. The minimum Gasteiger partial charge on any atom is -0.485 e. The molecular formula is C19H17ClN2O. The van der Waals surface area contributed by atoms with Crippen molar-refractivity contribution in [2.45, 2.75) is 13.0 Å². The predicted octanol–water partition coefficient (Wildman–Crippen LogP) is 5.20. The maximum atomic E-state index is 6.15. The first-order valence-electron chi connectivity index (χ1n) is 7.34. The molecule has 0 saturated heterocycles.